The van der Waals surface area contributed by atoms with Gasteiger partial charge in [0.05, 0.1) is 6.20 Å². The number of anilines is 1. The molecule has 1 fully saturated rings. The van der Waals surface area contributed by atoms with Gasteiger partial charge in [0, 0.05) is 69.0 Å². The van der Waals surface area contributed by atoms with Gasteiger partial charge in [-0.05, 0) is 31.9 Å². The van der Waals surface area contributed by atoms with Crippen molar-refractivity contribution in [1.29, 1.82) is 0 Å². The monoisotopic (exact) mass is 391 g/mol. The molecular formula is C22H29N7. The third-order valence-electron chi connectivity index (χ3n) is 5.35. The third-order valence-corrected chi connectivity index (χ3v) is 5.35. The molecule has 3 aromatic rings. The maximum absolute atomic E-state index is 4.86. The van der Waals surface area contributed by atoms with Crippen LogP contribution in [0.15, 0.2) is 42.9 Å². The average molecular weight is 392 g/mol. The molecule has 0 bridgehead atoms. The Kier molecular flexibility index (Phi) is 6.14. The zero-order chi connectivity index (χ0) is 20.1. The van der Waals surface area contributed by atoms with Crippen LogP contribution in [0.2, 0.25) is 0 Å². The predicted molar refractivity (Wildman–Crippen MR) is 115 cm³/mol. The molecule has 0 radical (unpaired) electrons. The Bertz CT molecular complexity index is 922. The van der Waals surface area contributed by atoms with Crippen molar-refractivity contribution in [2.45, 2.75) is 39.8 Å². The summed E-state index contributed by atoms with van der Waals surface area (Å²) < 4.78 is 1.99. The molecule has 0 unspecified atom stereocenters. The summed E-state index contributed by atoms with van der Waals surface area (Å²) in [5.41, 5.74) is 3.17. The Balaban J connectivity index is 1.48. The van der Waals surface area contributed by atoms with E-state index in [0.29, 0.717) is 5.82 Å². The SMILES string of the molecule is CCc1cc(N2CCCN(Cc3cnn(CC)c3)CC2)nc(-c2ccccn2)n1. The van der Waals surface area contributed by atoms with E-state index in [0.717, 1.165) is 69.3 Å². The summed E-state index contributed by atoms with van der Waals surface area (Å²) in [7, 11) is 0. The van der Waals surface area contributed by atoms with E-state index >= 15 is 0 Å². The first-order chi connectivity index (χ1) is 14.2. The van der Waals surface area contributed by atoms with Gasteiger partial charge in [-0.15, -0.1) is 0 Å². The smallest absolute Gasteiger partial charge is 0.180 e. The zero-order valence-corrected chi connectivity index (χ0v) is 17.3. The fourth-order valence-corrected chi connectivity index (χ4v) is 3.71. The van der Waals surface area contributed by atoms with Gasteiger partial charge < -0.3 is 4.90 Å². The van der Waals surface area contributed by atoms with Crippen LogP contribution in [0.5, 0.6) is 0 Å². The minimum Gasteiger partial charge on any atom is -0.355 e. The summed E-state index contributed by atoms with van der Waals surface area (Å²) in [5, 5.41) is 4.40. The minimum absolute atomic E-state index is 0.716. The molecule has 1 aliphatic heterocycles. The Labute approximate surface area is 172 Å². The van der Waals surface area contributed by atoms with Crippen LogP contribution in [0.1, 0.15) is 31.5 Å². The molecule has 0 aromatic carbocycles. The molecule has 3 aromatic heterocycles. The van der Waals surface area contributed by atoms with Gasteiger partial charge in [-0.3, -0.25) is 14.6 Å². The van der Waals surface area contributed by atoms with Gasteiger partial charge in [-0.2, -0.15) is 5.10 Å². The molecule has 0 amide bonds. The van der Waals surface area contributed by atoms with Crippen molar-refractivity contribution >= 4 is 5.82 Å². The summed E-state index contributed by atoms with van der Waals surface area (Å²) in [5.74, 6) is 1.73. The number of aryl methyl sites for hydroxylation is 2. The molecule has 0 aliphatic carbocycles. The lowest BCUT2D eigenvalue weighted by Crippen LogP contribution is -2.31. The number of pyridine rings is 1. The molecule has 0 saturated carbocycles. The molecule has 4 heterocycles. The van der Waals surface area contributed by atoms with Gasteiger partial charge in [0.15, 0.2) is 5.82 Å². The maximum atomic E-state index is 4.86. The highest BCUT2D eigenvalue weighted by atomic mass is 15.3. The van der Waals surface area contributed by atoms with Crippen LogP contribution >= 0.6 is 0 Å². The van der Waals surface area contributed by atoms with Crippen molar-refractivity contribution in [2.24, 2.45) is 0 Å². The molecule has 29 heavy (non-hydrogen) atoms. The van der Waals surface area contributed by atoms with Crippen LogP contribution in [0.4, 0.5) is 5.82 Å². The Morgan fingerprint density at radius 3 is 2.72 bits per heavy atom. The topological polar surface area (TPSA) is 63.0 Å². The molecular weight excluding hydrogens is 362 g/mol. The zero-order valence-electron chi connectivity index (χ0n) is 17.3. The van der Waals surface area contributed by atoms with Gasteiger partial charge in [0.25, 0.3) is 0 Å². The second kappa shape index (κ2) is 9.13. The van der Waals surface area contributed by atoms with E-state index in [4.69, 9.17) is 9.97 Å². The second-order valence-electron chi connectivity index (χ2n) is 7.43. The summed E-state index contributed by atoms with van der Waals surface area (Å²) in [6, 6.07) is 8.00. The lowest BCUT2D eigenvalue weighted by atomic mass is 10.2. The highest BCUT2D eigenvalue weighted by Crippen LogP contribution is 2.21. The van der Waals surface area contributed by atoms with E-state index in [-0.39, 0.29) is 0 Å². The van der Waals surface area contributed by atoms with Crippen molar-refractivity contribution in [3.05, 3.63) is 54.1 Å². The molecule has 7 nitrogen and oxygen atoms in total. The summed E-state index contributed by atoms with van der Waals surface area (Å²) in [6.45, 7) is 10.2. The minimum atomic E-state index is 0.716. The molecule has 0 atom stereocenters. The standard InChI is InChI=1S/C22H29N7/c1-3-19-14-21(26-22(25-19)20-8-5-6-9-23-20)28-11-7-10-27(12-13-28)16-18-15-24-29(4-2)17-18/h5-6,8-9,14-15,17H,3-4,7,10-13,16H2,1-2H3. The van der Waals surface area contributed by atoms with Gasteiger partial charge in [-0.25, -0.2) is 9.97 Å². The molecule has 1 saturated heterocycles. The van der Waals surface area contributed by atoms with Crippen molar-refractivity contribution in [1.82, 2.24) is 29.6 Å². The lowest BCUT2D eigenvalue weighted by Gasteiger charge is -2.23. The van der Waals surface area contributed by atoms with E-state index in [1.54, 1.807) is 6.20 Å². The molecule has 0 N–H and O–H groups in total. The van der Waals surface area contributed by atoms with Gasteiger partial charge in [0.1, 0.15) is 11.5 Å². The Morgan fingerprint density at radius 2 is 1.97 bits per heavy atom. The molecule has 7 heteroatoms. The van der Waals surface area contributed by atoms with Crippen molar-refractivity contribution in [3.8, 4) is 11.5 Å². The Morgan fingerprint density at radius 1 is 1.03 bits per heavy atom. The number of aromatic nitrogens is 5. The van der Waals surface area contributed by atoms with Crippen molar-refractivity contribution in [2.75, 3.05) is 31.1 Å². The number of nitrogens with zero attached hydrogens (tertiary/aromatic N) is 7. The lowest BCUT2D eigenvalue weighted by molar-refractivity contribution is 0.285. The highest BCUT2D eigenvalue weighted by molar-refractivity contribution is 5.53. The maximum Gasteiger partial charge on any atom is 0.180 e. The molecule has 1 aliphatic rings. The molecule has 4 rings (SSSR count). The fourth-order valence-electron chi connectivity index (χ4n) is 3.71. The first-order valence-electron chi connectivity index (χ1n) is 10.5. The highest BCUT2D eigenvalue weighted by Gasteiger charge is 2.18. The van der Waals surface area contributed by atoms with E-state index in [9.17, 15) is 0 Å². The van der Waals surface area contributed by atoms with Gasteiger partial charge in [0.2, 0.25) is 0 Å². The number of rotatable bonds is 6. The van der Waals surface area contributed by atoms with Gasteiger partial charge >= 0.3 is 0 Å². The van der Waals surface area contributed by atoms with Crippen LogP contribution in [-0.4, -0.2) is 55.8 Å². The number of hydrogen-bond donors (Lipinski definition) is 0. The van der Waals surface area contributed by atoms with E-state index in [1.165, 1.54) is 5.56 Å². The second-order valence-corrected chi connectivity index (χ2v) is 7.43. The first kappa shape index (κ1) is 19.5. The average Bonchev–Trinajstić information content (AvgIpc) is 3.10. The largest absolute Gasteiger partial charge is 0.355 e. The van der Waals surface area contributed by atoms with E-state index in [2.05, 4.69) is 46.0 Å². The van der Waals surface area contributed by atoms with Crippen LogP contribution in [0, 0.1) is 0 Å². The first-order valence-corrected chi connectivity index (χ1v) is 10.5. The third kappa shape index (κ3) is 4.79. The molecule has 152 valence electrons. The fraction of sp³-hybridized carbons (Fsp3) is 0.455. The van der Waals surface area contributed by atoms with Crippen molar-refractivity contribution < 1.29 is 0 Å². The summed E-state index contributed by atoms with van der Waals surface area (Å²) in [6.07, 6.45) is 7.94. The van der Waals surface area contributed by atoms with Crippen LogP contribution in [-0.2, 0) is 19.5 Å². The van der Waals surface area contributed by atoms with Gasteiger partial charge in [-0.1, -0.05) is 13.0 Å². The van der Waals surface area contributed by atoms with Crippen LogP contribution in [0.3, 0.4) is 0 Å². The summed E-state index contributed by atoms with van der Waals surface area (Å²) >= 11 is 0. The predicted octanol–water partition coefficient (Wildman–Crippen LogP) is 3.03. The quantitative estimate of drug-likeness (QED) is 0.644. The van der Waals surface area contributed by atoms with E-state index < -0.39 is 0 Å². The normalized spacial score (nSPS) is 15.4. The van der Waals surface area contributed by atoms with Crippen LogP contribution in [0.25, 0.3) is 11.5 Å². The number of hydrogen-bond acceptors (Lipinski definition) is 6. The molecule has 0 spiro atoms. The Hall–Kier alpha value is -2.80. The van der Waals surface area contributed by atoms with E-state index in [1.807, 2.05) is 29.1 Å². The van der Waals surface area contributed by atoms with Crippen LogP contribution < -0.4 is 4.90 Å². The summed E-state index contributed by atoms with van der Waals surface area (Å²) in [4.78, 5) is 18.9. The van der Waals surface area contributed by atoms with Crippen molar-refractivity contribution in [3.63, 3.8) is 0 Å².